The Morgan fingerprint density at radius 3 is 2.45 bits per heavy atom. The monoisotopic (exact) mass is 299 g/mol. The Morgan fingerprint density at radius 1 is 0.909 bits per heavy atom. The molecule has 0 aliphatic heterocycles. The van der Waals surface area contributed by atoms with Crippen LogP contribution in [0.25, 0.3) is 0 Å². The molecular formula is C19H25NO2. The van der Waals surface area contributed by atoms with Crippen molar-refractivity contribution < 1.29 is 9.47 Å². The van der Waals surface area contributed by atoms with E-state index in [0.29, 0.717) is 6.61 Å². The summed E-state index contributed by atoms with van der Waals surface area (Å²) in [5, 5.41) is 3.35. The molecule has 118 valence electrons. The van der Waals surface area contributed by atoms with Gasteiger partial charge in [0.05, 0.1) is 6.61 Å². The highest BCUT2D eigenvalue weighted by Crippen LogP contribution is 2.17. The van der Waals surface area contributed by atoms with Crippen LogP contribution >= 0.6 is 0 Å². The van der Waals surface area contributed by atoms with Gasteiger partial charge in [-0.2, -0.15) is 0 Å². The molecule has 0 unspecified atom stereocenters. The second-order valence-electron chi connectivity index (χ2n) is 5.32. The standard InChI is InChI=1S/C19H25NO2/c1-3-4-13-21-19-7-5-6-17(15-19)20-12-14-22-18-10-8-16(2)9-11-18/h5-11,15,20H,3-4,12-14H2,1-2H3. The summed E-state index contributed by atoms with van der Waals surface area (Å²) in [7, 11) is 0. The molecule has 0 heterocycles. The predicted molar refractivity (Wildman–Crippen MR) is 92.0 cm³/mol. The SMILES string of the molecule is CCCCOc1cccc(NCCOc2ccc(C)cc2)c1. The van der Waals surface area contributed by atoms with Gasteiger partial charge in [-0.1, -0.05) is 37.1 Å². The van der Waals surface area contributed by atoms with Crippen LogP contribution in [0.15, 0.2) is 48.5 Å². The molecule has 0 spiro atoms. The zero-order chi connectivity index (χ0) is 15.6. The Balaban J connectivity index is 1.72. The van der Waals surface area contributed by atoms with Crippen molar-refractivity contribution in [1.82, 2.24) is 0 Å². The lowest BCUT2D eigenvalue weighted by atomic mass is 10.2. The minimum atomic E-state index is 0.629. The fourth-order valence-corrected chi connectivity index (χ4v) is 2.03. The number of ether oxygens (including phenoxy) is 2. The highest BCUT2D eigenvalue weighted by molar-refractivity contribution is 5.48. The van der Waals surface area contributed by atoms with Gasteiger partial charge >= 0.3 is 0 Å². The highest BCUT2D eigenvalue weighted by Gasteiger charge is 1.97. The quantitative estimate of drug-likeness (QED) is 0.683. The van der Waals surface area contributed by atoms with Crippen LogP contribution < -0.4 is 14.8 Å². The first kappa shape index (κ1) is 16.2. The number of anilines is 1. The number of hydrogen-bond donors (Lipinski definition) is 1. The minimum Gasteiger partial charge on any atom is -0.494 e. The Bertz CT molecular complexity index is 552. The molecule has 22 heavy (non-hydrogen) atoms. The molecule has 1 N–H and O–H groups in total. The fourth-order valence-electron chi connectivity index (χ4n) is 2.03. The Kier molecular flexibility index (Phi) is 6.62. The molecule has 0 aliphatic carbocycles. The normalized spacial score (nSPS) is 10.3. The topological polar surface area (TPSA) is 30.5 Å². The summed E-state index contributed by atoms with van der Waals surface area (Å²) in [6, 6.07) is 16.2. The van der Waals surface area contributed by atoms with Gasteiger partial charge in [-0.05, 0) is 37.6 Å². The average Bonchev–Trinajstić information content (AvgIpc) is 2.54. The van der Waals surface area contributed by atoms with Crippen LogP contribution in [-0.4, -0.2) is 19.8 Å². The summed E-state index contributed by atoms with van der Waals surface area (Å²) in [6.45, 7) is 6.39. The smallest absolute Gasteiger partial charge is 0.121 e. The zero-order valence-electron chi connectivity index (χ0n) is 13.5. The van der Waals surface area contributed by atoms with Crippen LogP contribution in [0, 0.1) is 6.92 Å². The molecule has 2 rings (SSSR count). The summed E-state index contributed by atoms with van der Waals surface area (Å²) in [4.78, 5) is 0. The van der Waals surface area contributed by atoms with Gasteiger partial charge in [0.2, 0.25) is 0 Å². The van der Waals surface area contributed by atoms with Crippen molar-refractivity contribution in [2.75, 3.05) is 25.1 Å². The second kappa shape index (κ2) is 8.98. The van der Waals surface area contributed by atoms with Crippen molar-refractivity contribution in [1.29, 1.82) is 0 Å². The van der Waals surface area contributed by atoms with Crippen LogP contribution in [0.4, 0.5) is 5.69 Å². The van der Waals surface area contributed by atoms with Gasteiger partial charge in [-0.3, -0.25) is 0 Å². The lowest BCUT2D eigenvalue weighted by Gasteiger charge is -2.10. The van der Waals surface area contributed by atoms with Gasteiger partial charge < -0.3 is 14.8 Å². The number of hydrogen-bond acceptors (Lipinski definition) is 3. The molecule has 0 aromatic heterocycles. The first-order valence-electron chi connectivity index (χ1n) is 7.94. The van der Waals surface area contributed by atoms with E-state index in [2.05, 4.69) is 31.3 Å². The van der Waals surface area contributed by atoms with Crippen molar-refractivity contribution >= 4 is 5.69 Å². The molecule has 0 fully saturated rings. The third kappa shape index (κ3) is 5.68. The summed E-state index contributed by atoms with van der Waals surface area (Å²) in [5.74, 6) is 1.82. The zero-order valence-corrected chi connectivity index (χ0v) is 13.5. The van der Waals surface area contributed by atoms with Gasteiger partial charge in [-0.25, -0.2) is 0 Å². The Morgan fingerprint density at radius 2 is 1.68 bits per heavy atom. The van der Waals surface area contributed by atoms with Crippen molar-refractivity contribution in [3.8, 4) is 11.5 Å². The number of nitrogens with one attached hydrogen (secondary N) is 1. The molecule has 0 atom stereocenters. The van der Waals surface area contributed by atoms with E-state index in [-0.39, 0.29) is 0 Å². The molecule has 0 amide bonds. The number of unbranched alkanes of at least 4 members (excludes halogenated alkanes) is 1. The highest BCUT2D eigenvalue weighted by atomic mass is 16.5. The average molecular weight is 299 g/mol. The molecule has 2 aromatic carbocycles. The van der Waals surface area contributed by atoms with Crippen LogP contribution in [0.5, 0.6) is 11.5 Å². The summed E-state index contributed by atoms with van der Waals surface area (Å²) >= 11 is 0. The van der Waals surface area contributed by atoms with E-state index in [0.717, 1.165) is 43.2 Å². The van der Waals surface area contributed by atoms with Gasteiger partial charge in [0.1, 0.15) is 18.1 Å². The van der Waals surface area contributed by atoms with Crippen LogP contribution in [0.3, 0.4) is 0 Å². The third-order valence-electron chi connectivity index (χ3n) is 3.32. The van der Waals surface area contributed by atoms with Crippen molar-refractivity contribution in [3.05, 3.63) is 54.1 Å². The molecular weight excluding hydrogens is 274 g/mol. The van der Waals surface area contributed by atoms with E-state index in [1.165, 1.54) is 5.56 Å². The maximum Gasteiger partial charge on any atom is 0.121 e. The largest absolute Gasteiger partial charge is 0.494 e. The molecule has 0 saturated heterocycles. The number of benzene rings is 2. The lowest BCUT2D eigenvalue weighted by Crippen LogP contribution is -2.11. The van der Waals surface area contributed by atoms with E-state index in [9.17, 15) is 0 Å². The first-order chi connectivity index (χ1) is 10.8. The minimum absolute atomic E-state index is 0.629. The van der Waals surface area contributed by atoms with Crippen molar-refractivity contribution in [2.24, 2.45) is 0 Å². The lowest BCUT2D eigenvalue weighted by molar-refractivity contribution is 0.309. The molecule has 2 aromatic rings. The molecule has 3 nitrogen and oxygen atoms in total. The van der Waals surface area contributed by atoms with E-state index in [4.69, 9.17) is 9.47 Å². The van der Waals surface area contributed by atoms with Crippen molar-refractivity contribution in [2.45, 2.75) is 26.7 Å². The summed E-state index contributed by atoms with van der Waals surface area (Å²) in [6.07, 6.45) is 2.23. The molecule has 0 radical (unpaired) electrons. The van der Waals surface area contributed by atoms with Crippen LogP contribution in [0.2, 0.25) is 0 Å². The molecule has 3 heteroatoms. The van der Waals surface area contributed by atoms with Gasteiger partial charge in [0.15, 0.2) is 0 Å². The Hall–Kier alpha value is -2.16. The summed E-state index contributed by atoms with van der Waals surface area (Å²) < 4.78 is 11.4. The van der Waals surface area contributed by atoms with Crippen LogP contribution in [0.1, 0.15) is 25.3 Å². The van der Waals surface area contributed by atoms with Gasteiger partial charge in [0, 0.05) is 18.3 Å². The molecule has 0 bridgehead atoms. The van der Waals surface area contributed by atoms with E-state index in [1.54, 1.807) is 0 Å². The Labute approximate surface area is 133 Å². The second-order valence-corrected chi connectivity index (χ2v) is 5.32. The maximum absolute atomic E-state index is 5.70. The van der Waals surface area contributed by atoms with E-state index >= 15 is 0 Å². The van der Waals surface area contributed by atoms with Crippen LogP contribution in [-0.2, 0) is 0 Å². The molecule has 0 saturated carbocycles. The van der Waals surface area contributed by atoms with Gasteiger partial charge in [0.25, 0.3) is 0 Å². The number of aryl methyl sites for hydroxylation is 1. The van der Waals surface area contributed by atoms with E-state index in [1.807, 2.05) is 36.4 Å². The molecule has 0 aliphatic rings. The summed E-state index contributed by atoms with van der Waals surface area (Å²) in [5.41, 5.74) is 2.30. The van der Waals surface area contributed by atoms with Crippen molar-refractivity contribution in [3.63, 3.8) is 0 Å². The fraction of sp³-hybridized carbons (Fsp3) is 0.368. The first-order valence-corrected chi connectivity index (χ1v) is 7.94. The third-order valence-corrected chi connectivity index (χ3v) is 3.32. The van der Waals surface area contributed by atoms with Gasteiger partial charge in [-0.15, -0.1) is 0 Å². The van der Waals surface area contributed by atoms with E-state index < -0.39 is 0 Å². The maximum atomic E-state index is 5.70. The predicted octanol–water partition coefficient (Wildman–Crippen LogP) is 4.66. The number of rotatable bonds is 9.